The van der Waals surface area contributed by atoms with Gasteiger partial charge >= 0.3 is 0 Å². The van der Waals surface area contributed by atoms with Crippen LogP contribution in [-0.2, 0) is 0 Å². The zero-order chi connectivity index (χ0) is 34.2. The highest BCUT2D eigenvalue weighted by molar-refractivity contribution is 6.18. The third kappa shape index (κ3) is 4.40. The molecule has 0 amide bonds. The summed E-state index contributed by atoms with van der Waals surface area (Å²) in [6.07, 6.45) is 0. The summed E-state index contributed by atoms with van der Waals surface area (Å²) in [5, 5.41) is 15.4. The van der Waals surface area contributed by atoms with Gasteiger partial charge in [0.1, 0.15) is 0 Å². The summed E-state index contributed by atoms with van der Waals surface area (Å²) in [6.45, 7) is 7.07. The second kappa shape index (κ2) is 11.4. The lowest BCUT2D eigenvalue weighted by atomic mass is 9.78. The minimum atomic E-state index is 1.27. The van der Waals surface area contributed by atoms with Crippen LogP contribution in [0.4, 0.5) is 0 Å². The lowest BCUT2D eigenvalue weighted by molar-refractivity contribution is 1.33. The van der Waals surface area contributed by atoms with Crippen LogP contribution in [0.2, 0.25) is 0 Å². The smallest absolute Gasteiger partial charge is 0.00932 e. The Hall–Kier alpha value is -6.24. The molecule has 0 radical (unpaired) electrons. The summed E-state index contributed by atoms with van der Waals surface area (Å²) in [4.78, 5) is 0. The van der Waals surface area contributed by atoms with Gasteiger partial charge in [-0.2, -0.15) is 0 Å². The third-order valence-corrected chi connectivity index (χ3v) is 11.4. The minimum absolute atomic E-state index is 1.27. The molecule has 0 saturated heterocycles. The molecule has 0 bridgehead atoms. The Morgan fingerprint density at radius 1 is 0.235 bits per heavy atom. The van der Waals surface area contributed by atoms with Crippen molar-refractivity contribution in [2.75, 3.05) is 0 Å². The summed E-state index contributed by atoms with van der Waals surface area (Å²) in [6, 6.07) is 60.7. The van der Waals surface area contributed by atoms with Crippen molar-refractivity contribution in [1.82, 2.24) is 0 Å². The molecule has 0 aliphatic rings. The predicted octanol–water partition coefficient (Wildman–Crippen LogP) is 14.5. The monoisotopic (exact) mass is 648 g/mol. The minimum Gasteiger partial charge on any atom is -0.0616 e. The molecule has 0 aromatic heterocycles. The highest BCUT2D eigenvalue weighted by Crippen LogP contribution is 2.49. The Balaban J connectivity index is 1.38. The molecule has 0 saturated carbocycles. The lowest BCUT2D eigenvalue weighted by Gasteiger charge is -2.26. The van der Waals surface area contributed by atoms with Crippen LogP contribution < -0.4 is 0 Å². The van der Waals surface area contributed by atoms with Gasteiger partial charge in [-0.1, -0.05) is 158 Å². The second-order valence-electron chi connectivity index (χ2n) is 14.1. The summed E-state index contributed by atoms with van der Waals surface area (Å²) in [7, 11) is 0. The van der Waals surface area contributed by atoms with E-state index in [-0.39, 0.29) is 0 Å². The molecule has 0 unspecified atom stereocenters. The van der Waals surface area contributed by atoms with Crippen molar-refractivity contribution >= 4 is 64.6 Å². The maximum Gasteiger partial charge on any atom is -0.00932 e. The molecule has 10 rings (SSSR count). The maximum absolute atomic E-state index is 2.43. The zero-order valence-corrected chi connectivity index (χ0v) is 29.1. The molecule has 0 atom stereocenters. The Morgan fingerprint density at radius 3 is 1.06 bits per heavy atom. The number of hydrogen-bond acceptors (Lipinski definition) is 0. The molecule has 240 valence electrons. The quantitative estimate of drug-likeness (QED) is 0.167. The molecular formula is C51H36. The van der Waals surface area contributed by atoms with Crippen LogP contribution in [0.5, 0.6) is 0 Å². The van der Waals surface area contributed by atoms with Crippen LogP contribution in [0.25, 0.3) is 98.0 Å². The number of hydrogen-bond donors (Lipinski definition) is 0. The lowest BCUT2D eigenvalue weighted by Crippen LogP contribution is -2.02. The normalized spacial score (nSPS) is 11.8. The zero-order valence-electron chi connectivity index (χ0n) is 29.1. The van der Waals surface area contributed by atoms with Crippen LogP contribution in [0, 0.1) is 20.8 Å². The second-order valence-corrected chi connectivity index (χ2v) is 14.1. The molecule has 0 fully saturated rings. The van der Waals surface area contributed by atoms with Gasteiger partial charge in [-0.3, -0.25) is 0 Å². The van der Waals surface area contributed by atoms with E-state index in [0.717, 1.165) is 0 Å². The first-order chi connectivity index (χ1) is 25.1. The highest BCUT2D eigenvalue weighted by atomic mass is 14.3. The van der Waals surface area contributed by atoms with Crippen molar-refractivity contribution < 1.29 is 0 Å². The van der Waals surface area contributed by atoms with Gasteiger partial charge in [0.25, 0.3) is 0 Å². The first-order valence-corrected chi connectivity index (χ1v) is 17.9. The van der Waals surface area contributed by atoms with Crippen molar-refractivity contribution in [3.05, 3.63) is 180 Å². The van der Waals surface area contributed by atoms with Gasteiger partial charge in [0.2, 0.25) is 0 Å². The molecule has 0 heteroatoms. The maximum atomic E-state index is 2.43. The number of fused-ring (bicyclic) bond motifs is 9. The Labute approximate surface area is 298 Å². The summed E-state index contributed by atoms with van der Waals surface area (Å²) in [5.74, 6) is 0. The van der Waals surface area contributed by atoms with Crippen LogP contribution in [-0.4, -0.2) is 0 Å². The standard InChI is InChI=1S/C51H36/c1-31-49(46-24-12-22-41-37-17-7-4-14-34(37)26-28-44(41)46)32(2)51(48-30-36-16-6-9-19-39(36)40-20-10-11-21-43(40)48)33(3)50(31)47-25-13-23-42-38-18-8-5-15-35(38)27-29-45(42)47/h4-30H,1-3H3. The van der Waals surface area contributed by atoms with Gasteiger partial charge in [0.05, 0.1) is 0 Å². The van der Waals surface area contributed by atoms with Crippen molar-refractivity contribution in [1.29, 1.82) is 0 Å². The van der Waals surface area contributed by atoms with E-state index in [1.165, 1.54) is 115 Å². The van der Waals surface area contributed by atoms with E-state index in [9.17, 15) is 0 Å². The van der Waals surface area contributed by atoms with Crippen LogP contribution >= 0.6 is 0 Å². The molecule has 0 aliphatic carbocycles. The van der Waals surface area contributed by atoms with E-state index in [2.05, 4.69) is 185 Å². The summed E-state index contributed by atoms with van der Waals surface area (Å²) < 4.78 is 0. The Bertz CT molecular complexity index is 2900. The van der Waals surface area contributed by atoms with Gasteiger partial charge in [-0.15, -0.1) is 0 Å². The molecule has 0 nitrogen and oxygen atoms in total. The molecule has 0 heterocycles. The topological polar surface area (TPSA) is 0 Å². The third-order valence-electron chi connectivity index (χ3n) is 11.4. The van der Waals surface area contributed by atoms with Crippen molar-refractivity contribution in [3.63, 3.8) is 0 Å². The molecule has 10 aromatic carbocycles. The van der Waals surface area contributed by atoms with Crippen molar-refractivity contribution in [3.8, 4) is 33.4 Å². The molecule has 51 heavy (non-hydrogen) atoms. The van der Waals surface area contributed by atoms with Crippen LogP contribution in [0.1, 0.15) is 16.7 Å². The van der Waals surface area contributed by atoms with Gasteiger partial charge in [-0.25, -0.2) is 0 Å². The van der Waals surface area contributed by atoms with E-state index in [4.69, 9.17) is 0 Å². The molecule has 0 spiro atoms. The fourth-order valence-corrected chi connectivity index (χ4v) is 9.21. The van der Waals surface area contributed by atoms with Crippen LogP contribution in [0.3, 0.4) is 0 Å². The number of benzene rings is 10. The van der Waals surface area contributed by atoms with Gasteiger partial charge in [0.15, 0.2) is 0 Å². The summed E-state index contributed by atoms with van der Waals surface area (Å²) >= 11 is 0. The van der Waals surface area contributed by atoms with Crippen molar-refractivity contribution in [2.24, 2.45) is 0 Å². The molecule has 10 aromatic rings. The first kappa shape index (κ1) is 29.7. The molecular weight excluding hydrogens is 613 g/mol. The average molecular weight is 649 g/mol. The number of rotatable bonds is 3. The largest absolute Gasteiger partial charge is 0.0616 e. The van der Waals surface area contributed by atoms with E-state index in [0.29, 0.717) is 0 Å². The first-order valence-electron chi connectivity index (χ1n) is 17.9. The Morgan fingerprint density at radius 2 is 0.569 bits per heavy atom. The van der Waals surface area contributed by atoms with E-state index >= 15 is 0 Å². The van der Waals surface area contributed by atoms with Gasteiger partial charge in [-0.05, 0) is 142 Å². The highest BCUT2D eigenvalue weighted by Gasteiger charge is 2.24. The fourth-order valence-electron chi connectivity index (χ4n) is 9.21. The van der Waals surface area contributed by atoms with Gasteiger partial charge in [0, 0.05) is 0 Å². The fraction of sp³-hybridized carbons (Fsp3) is 0.0588. The predicted molar refractivity (Wildman–Crippen MR) is 222 cm³/mol. The molecule has 0 N–H and O–H groups in total. The summed E-state index contributed by atoms with van der Waals surface area (Å²) in [5.41, 5.74) is 11.8. The Kier molecular flexibility index (Phi) is 6.63. The van der Waals surface area contributed by atoms with Gasteiger partial charge < -0.3 is 0 Å². The van der Waals surface area contributed by atoms with E-state index in [1.807, 2.05) is 0 Å². The van der Waals surface area contributed by atoms with Crippen LogP contribution in [0.15, 0.2) is 164 Å². The average Bonchev–Trinajstić information content (AvgIpc) is 3.18. The van der Waals surface area contributed by atoms with Crippen molar-refractivity contribution in [2.45, 2.75) is 20.8 Å². The van der Waals surface area contributed by atoms with E-state index < -0.39 is 0 Å². The van der Waals surface area contributed by atoms with E-state index in [1.54, 1.807) is 0 Å². The molecule has 0 aliphatic heterocycles. The SMILES string of the molecule is Cc1c(-c2cccc3c2ccc2ccccc23)c(C)c(-c2cc3ccccc3c3ccccc23)c(C)c1-c1cccc2c1ccc1ccccc12.